The number of amides is 2. The molecule has 0 aliphatic heterocycles. The third-order valence-electron chi connectivity index (χ3n) is 5.50. The molecule has 2 amide bonds. The number of ether oxygens (including phenoxy) is 2. The van der Waals surface area contributed by atoms with E-state index in [1.807, 2.05) is 88.4 Å². The van der Waals surface area contributed by atoms with E-state index in [-0.39, 0.29) is 50.7 Å². The quantitative estimate of drug-likeness (QED) is 0.344. The zero-order valence-electron chi connectivity index (χ0n) is 22.8. The van der Waals surface area contributed by atoms with Crippen LogP contribution in [0.4, 0.5) is 0 Å². The van der Waals surface area contributed by atoms with Gasteiger partial charge < -0.3 is 20.1 Å². The predicted molar refractivity (Wildman–Crippen MR) is 145 cm³/mol. The van der Waals surface area contributed by atoms with Gasteiger partial charge in [-0.15, -0.1) is 0 Å². The lowest BCUT2D eigenvalue weighted by atomic mass is 10.1. The van der Waals surface area contributed by atoms with Crippen LogP contribution >= 0.6 is 0 Å². The summed E-state index contributed by atoms with van der Waals surface area (Å²) in [7, 11) is 0. The first-order chi connectivity index (χ1) is 18.1. The fourth-order valence-electron chi connectivity index (χ4n) is 3.55. The van der Waals surface area contributed by atoms with Crippen LogP contribution in [0.5, 0.6) is 0 Å². The molecule has 0 aliphatic carbocycles. The van der Waals surface area contributed by atoms with Gasteiger partial charge in [0.15, 0.2) is 0 Å². The molecular weight excluding hydrogens is 484 g/mol. The Bertz CT molecular complexity index is 940. The topological polar surface area (TPSA) is 111 Å². The second kappa shape index (κ2) is 16.2. The average molecular weight is 525 g/mol. The molecule has 2 atom stereocenters. The zero-order chi connectivity index (χ0) is 27.9. The maximum absolute atomic E-state index is 12.7. The molecule has 2 N–H and O–H groups in total. The highest BCUT2D eigenvalue weighted by Gasteiger charge is 2.25. The van der Waals surface area contributed by atoms with E-state index < -0.39 is 35.8 Å². The van der Waals surface area contributed by atoms with Crippen molar-refractivity contribution in [1.82, 2.24) is 10.6 Å². The zero-order valence-corrected chi connectivity index (χ0v) is 22.8. The van der Waals surface area contributed by atoms with Gasteiger partial charge in [0.05, 0.1) is 13.2 Å². The molecule has 2 aromatic carbocycles. The third kappa shape index (κ3) is 12.0. The van der Waals surface area contributed by atoms with Crippen molar-refractivity contribution >= 4 is 23.8 Å². The van der Waals surface area contributed by atoms with Crippen molar-refractivity contribution in [3.63, 3.8) is 0 Å². The fraction of sp³-hybridized carbons (Fsp3) is 0.467. The van der Waals surface area contributed by atoms with Crippen LogP contribution in [0.25, 0.3) is 0 Å². The van der Waals surface area contributed by atoms with Gasteiger partial charge in [-0.1, -0.05) is 88.4 Å². The van der Waals surface area contributed by atoms with E-state index >= 15 is 0 Å². The smallest absolute Gasteiger partial charge is 0.328 e. The third-order valence-corrected chi connectivity index (χ3v) is 5.50. The van der Waals surface area contributed by atoms with Crippen LogP contribution in [0.2, 0.25) is 0 Å². The minimum Gasteiger partial charge on any atom is -0.464 e. The van der Waals surface area contributed by atoms with E-state index in [1.54, 1.807) is 0 Å². The molecular formula is C30H40N2O6. The van der Waals surface area contributed by atoms with Crippen LogP contribution in [-0.4, -0.2) is 49.1 Å². The van der Waals surface area contributed by atoms with Gasteiger partial charge in [-0.25, -0.2) is 9.59 Å². The lowest BCUT2D eigenvalue weighted by Crippen LogP contribution is -2.45. The summed E-state index contributed by atoms with van der Waals surface area (Å²) in [6, 6.07) is 16.9. The molecule has 0 heterocycles. The van der Waals surface area contributed by atoms with E-state index in [2.05, 4.69) is 10.6 Å². The molecule has 0 saturated heterocycles. The Balaban J connectivity index is 1.96. The Morgan fingerprint density at radius 2 is 0.947 bits per heavy atom. The lowest BCUT2D eigenvalue weighted by Gasteiger charge is -2.20. The van der Waals surface area contributed by atoms with Gasteiger partial charge in [-0.2, -0.15) is 0 Å². The normalized spacial score (nSPS) is 12.5. The van der Waals surface area contributed by atoms with Gasteiger partial charge in [-0.05, 0) is 23.0 Å². The molecule has 8 nitrogen and oxygen atoms in total. The SMILES string of the molecule is CC(C)COC(=O)[C@H](Cc1ccccc1)NC(=O)CCC(=O)N[C@@H](Cc1ccccc1)C(=O)OCC(C)C. The molecule has 206 valence electrons. The van der Waals surface area contributed by atoms with Crippen molar-refractivity contribution in [2.45, 2.75) is 65.5 Å². The Morgan fingerprint density at radius 3 is 1.26 bits per heavy atom. The van der Waals surface area contributed by atoms with E-state index in [4.69, 9.17) is 9.47 Å². The van der Waals surface area contributed by atoms with Gasteiger partial charge in [0.2, 0.25) is 11.8 Å². The summed E-state index contributed by atoms with van der Waals surface area (Å²) >= 11 is 0. The van der Waals surface area contributed by atoms with Crippen LogP contribution in [0.3, 0.4) is 0 Å². The first kappa shape index (κ1) is 30.5. The van der Waals surface area contributed by atoms with Crippen LogP contribution < -0.4 is 10.6 Å². The van der Waals surface area contributed by atoms with Crippen molar-refractivity contribution in [2.24, 2.45) is 11.8 Å². The number of nitrogens with one attached hydrogen (secondary N) is 2. The summed E-state index contributed by atoms with van der Waals surface area (Å²) < 4.78 is 10.7. The van der Waals surface area contributed by atoms with E-state index in [0.29, 0.717) is 0 Å². The number of hydrogen-bond donors (Lipinski definition) is 2. The molecule has 38 heavy (non-hydrogen) atoms. The second-order valence-electron chi connectivity index (χ2n) is 10.2. The van der Waals surface area contributed by atoms with Crippen LogP contribution in [0.1, 0.15) is 51.7 Å². The summed E-state index contributed by atoms with van der Waals surface area (Å²) in [4.78, 5) is 50.7. The Kier molecular flexibility index (Phi) is 13.0. The van der Waals surface area contributed by atoms with E-state index in [0.717, 1.165) is 11.1 Å². The predicted octanol–water partition coefficient (Wildman–Crippen LogP) is 3.62. The van der Waals surface area contributed by atoms with Crippen LogP contribution in [0.15, 0.2) is 60.7 Å². The number of benzene rings is 2. The van der Waals surface area contributed by atoms with Crippen LogP contribution in [0, 0.1) is 11.8 Å². The standard InChI is InChI=1S/C30H40N2O6/c1-21(2)19-37-29(35)25(17-23-11-7-5-8-12-23)31-27(33)15-16-28(34)32-26(30(36)38-20-22(3)4)18-24-13-9-6-10-14-24/h5-14,21-22,25-26H,15-20H2,1-4H3,(H,31,33)(H,32,34)/t25-,26-/m0/s1. The highest BCUT2D eigenvalue weighted by molar-refractivity contribution is 5.89. The van der Waals surface area contributed by atoms with Gasteiger partial charge in [0.25, 0.3) is 0 Å². The van der Waals surface area contributed by atoms with Crippen molar-refractivity contribution in [3.8, 4) is 0 Å². The average Bonchev–Trinajstić information content (AvgIpc) is 2.89. The Hall–Kier alpha value is -3.68. The molecule has 2 rings (SSSR count). The highest BCUT2D eigenvalue weighted by Crippen LogP contribution is 2.09. The molecule has 0 aromatic heterocycles. The van der Waals surface area contributed by atoms with Crippen molar-refractivity contribution in [1.29, 1.82) is 0 Å². The molecule has 0 aliphatic rings. The Labute approximate surface area is 225 Å². The molecule has 0 fully saturated rings. The summed E-state index contributed by atoms with van der Waals surface area (Å²) in [5.41, 5.74) is 1.75. The van der Waals surface area contributed by atoms with Crippen molar-refractivity contribution in [2.75, 3.05) is 13.2 Å². The summed E-state index contributed by atoms with van der Waals surface area (Å²) in [5, 5.41) is 5.42. The monoisotopic (exact) mass is 524 g/mol. The highest BCUT2D eigenvalue weighted by atomic mass is 16.5. The molecule has 2 aromatic rings. The van der Waals surface area contributed by atoms with Crippen molar-refractivity contribution < 1.29 is 28.7 Å². The van der Waals surface area contributed by atoms with Gasteiger partial charge in [0.1, 0.15) is 12.1 Å². The van der Waals surface area contributed by atoms with E-state index in [9.17, 15) is 19.2 Å². The number of esters is 2. The second-order valence-corrected chi connectivity index (χ2v) is 10.2. The van der Waals surface area contributed by atoms with Crippen LogP contribution in [-0.2, 0) is 41.5 Å². The number of hydrogen-bond acceptors (Lipinski definition) is 6. The van der Waals surface area contributed by atoms with E-state index in [1.165, 1.54) is 0 Å². The number of rotatable bonds is 15. The van der Waals surface area contributed by atoms with Gasteiger partial charge in [-0.3, -0.25) is 9.59 Å². The lowest BCUT2D eigenvalue weighted by molar-refractivity contribution is -0.149. The van der Waals surface area contributed by atoms with Gasteiger partial charge in [0, 0.05) is 25.7 Å². The van der Waals surface area contributed by atoms with Gasteiger partial charge >= 0.3 is 11.9 Å². The molecule has 0 saturated carbocycles. The molecule has 0 spiro atoms. The molecule has 8 heteroatoms. The molecule has 0 unspecified atom stereocenters. The molecule has 0 bridgehead atoms. The summed E-state index contributed by atoms with van der Waals surface area (Å²) in [6.07, 6.45) is 0.258. The number of carbonyl (C=O) groups is 4. The first-order valence-electron chi connectivity index (χ1n) is 13.1. The van der Waals surface area contributed by atoms with Crippen molar-refractivity contribution in [3.05, 3.63) is 71.8 Å². The number of carbonyl (C=O) groups excluding carboxylic acids is 4. The first-order valence-corrected chi connectivity index (χ1v) is 13.1. The minimum absolute atomic E-state index is 0.145. The fourth-order valence-corrected chi connectivity index (χ4v) is 3.55. The summed E-state index contributed by atoms with van der Waals surface area (Å²) in [5.74, 6) is -1.62. The maximum Gasteiger partial charge on any atom is 0.328 e. The largest absolute Gasteiger partial charge is 0.464 e. The summed E-state index contributed by atoms with van der Waals surface area (Å²) in [6.45, 7) is 8.22. The minimum atomic E-state index is -0.872. The molecule has 0 radical (unpaired) electrons. The maximum atomic E-state index is 12.7. The Morgan fingerprint density at radius 1 is 0.605 bits per heavy atom.